The zero-order chi connectivity index (χ0) is 31.4. The van der Waals surface area contributed by atoms with Gasteiger partial charge in [0, 0.05) is 44.5 Å². The maximum atomic E-state index is 13.5. The summed E-state index contributed by atoms with van der Waals surface area (Å²) < 4.78 is 17.1. The number of ether oxygens (including phenoxy) is 3. The van der Waals surface area contributed by atoms with Gasteiger partial charge in [-0.2, -0.15) is 0 Å². The molecule has 10 heteroatoms. The zero-order valence-electron chi connectivity index (χ0n) is 26.3. The average Bonchev–Trinajstić information content (AvgIpc) is 3.25. The van der Waals surface area contributed by atoms with Gasteiger partial charge >= 0.3 is 0 Å². The fourth-order valence-corrected chi connectivity index (χ4v) is 7.27. The van der Waals surface area contributed by atoms with Gasteiger partial charge < -0.3 is 34.9 Å². The van der Waals surface area contributed by atoms with E-state index >= 15 is 0 Å². The third-order valence-corrected chi connectivity index (χ3v) is 9.58. The van der Waals surface area contributed by atoms with Gasteiger partial charge in [-0.3, -0.25) is 14.4 Å². The number of aryl methyl sites for hydroxylation is 1. The van der Waals surface area contributed by atoms with Gasteiger partial charge in [0.1, 0.15) is 0 Å². The predicted molar refractivity (Wildman–Crippen MR) is 169 cm³/mol. The van der Waals surface area contributed by atoms with Crippen LogP contribution in [0, 0.1) is 5.92 Å². The van der Waals surface area contributed by atoms with Crippen LogP contribution >= 0.6 is 0 Å². The molecular weight excluding hydrogens is 562 g/mol. The molecule has 3 aliphatic rings. The zero-order valence-corrected chi connectivity index (χ0v) is 26.3. The largest absolute Gasteiger partial charge is 0.493 e. The molecule has 2 aromatic carbocycles. The minimum atomic E-state index is -0.608. The van der Waals surface area contributed by atoms with Crippen LogP contribution in [0.5, 0.6) is 17.2 Å². The van der Waals surface area contributed by atoms with Crippen LogP contribution in [0.15, 0.2) is 29.1 Å². The normalized spacial score (nSPS) is 22.4. The molecule has 238 valence electrons. The van der Waals surface area contributed by atoms with Gasteiger partial charge in [-0.1, -0.05) is 18.9 Å². The van der Waals surface area contributed by atoms with E-state index in [1.54, 1.807) is 33.5 Å². The highest BCUT2D eigenvalue weighted by Crippen LogP contribution is 2.50. The van der Waals surface area contributed by atoms with Crippen molar-refractivity contribution in [2.75, 3.05) is 46.3 Å². The topological polar surface area (TPSA) is 126 Å². The van der Waals surface area contributed by atoms with Crippen LogP contribution in [0.4, 0.5) is 5.69 Å². The number of hydrogen-bond donors (Lipinski definition) is 3. The Morgan fingerprint density at radius 1 is 1.05 bits per heavy atom. The van der Waals surface area contributed by atoms with Crippen molar-refractivity contribution in [3.63, 3.8) is 0 Å². The highest BCUT2D eigenvalue weighted by Gasteiger charge is 2.43. The standard InChI is InChI=1S/C34H45N3O7/c1-21(38)36-26-12-10-22-18-29(42-2)32(43-3)33(44-4)31(22)24-11-13-27(28(39)19-25(24)26)35-16-7-9-30(40)37-17-15-34(41)14-6-5-8-23(34)20-37/h11,13,18-19,23,26,41H,5-10,12,14-17,20H2,1-4H3,(H,35,39)(H,36,38). The number of nitrogens with zero attached hydrogens (tertiary/aromatic N) is 1. The van der Waals surface area contributed by atoms with Gasteiger partial charge in [-0.25, -0.2) is 0 Å². The predicted octanol–water partition coefficient (Wildman–Crippen LogP) is 4.21. The molecular formula is C34H45N3O7. The van der Waals surface area contributed by atoms with Crippen LogP contribution in [-0.2, 0) is 16.0 Å². The van der Waals surface area contributed by atoms with Crippen molar-refractivity contribution in [3.8, 4) is 28.4 Å². The number of carbonyl (C=O) groups excluding carboxylic acids is 2. The molecule has 3 unspecified atom stereocenters. The number of fused-ring (bicyclic) bond motifs is 4. The van der Waals surface area contributed by atoms with Gasteiger partial charge in [0.2, 0.25) is 23.0 Å². The van der Waals surface area contributed by atoms with E-state index in [1.807, 2.05) is 17.0 Å². The summed E-state index contributed by atoms with van der Waals surface area (Å²) in [5.41, 5.74) is 2.83. The van der Waals surface area contributed by atoms with Gasteiger partial charge in [0.05, 0.1) is 38.7 Å². The average molecular weight is 608 g/mol. The molecule has 2 aliphatic carbocycles. The number of likely N-dealkylation sites (tertiary alicyclic amines) is 1. The number of aliphatic hydroxyl groups is 1. The Morgan fingerprint density at radius 3 is 2.57 bits per heavy atom. The van der Waals surface area contributed by atoms with Crippen LogP contribution < -0.4 is 30.3 Å². The summed E-state index contributed by atoms with van der Waals surface area (Å²) in [7, 11) is 4.70. The monoisotopic (exact) mass is 607 g/mol. The van der Waals surface area contributed by atoms with E-state index in [4.69, 9.17) is 14.2 Å². The second kappa shape index (κ2) is 13.5. The number of methoxy groups -OCH3 is 3. The fraction of sp³-hybridized carbons (Fsp3) is 0.559. The van der Waals surface area contributed by atoms with Crippen molar-refractivity contribution in [3.05, 3.63) is 45.6 Å². The second-order valence-corrected chi connectivity index (χ2v) is 12.3. The van der Waals surface area contributed by atoms with Crippen LogP contribution in [0.3, 0.4) is 0 Å². The smallest absolute Gasteiger partial charge is 0.222 e. The first kappa shape index (κ1) is 31.6. The van der Waals surface area contributed by atoms with Crippen molar-refractivity contribution in [1.29, 1.82) is 0 Å². The van der Waals surface area contributed by atoms with E-state index in [1.165, 1.54) is 6.92 Å². The Morgan fingerprint density at radius 2 is 1.84 bits per heavy atom. The number of carbonyl (C=O) groups is 2. The van der Waals surface area contributed by atoms with E-state index < -0.39 is 5.60 Å². The summed E-state index contributed by atoms with van der Waals surface area (Å²) in [6.45, 7) is 3.15. The summed E-state index contributed by atoms with van der Waals surface area (Å²) in [6.07, 6.45) is 6.79. The number of rotatable bonds is 9. The molecule has 3 N–H and O–H groups in total. The minimum Gasteiger partial charge on any atom is -0.493 e. The lowest BCUT2D eigenvalue weighted by Gasteiger charge is -2.47. The Bertz CT molecular complexity index is 1460. The Kier molecular flexibility index (Phi) is 9.68. The van der Waals surface area contributed by atoms with Gasteiger partial charge in [0.15, 0.2) is 11.5 Å². The number of amides is 2. The maximum Gasteiger partial charge on any atom is 0.222 e. The molecule has 2 aromatic rings. The van der Waals surface area contributed by atoms with Crippen molar-refractivity contribution in [1.82, 2.24) is 10.2 Å². The van der Waals surface area contributed by atoms with Crippen molar-refractivity contribution >= 4 is 17.5 Å². The van der Waals surface area contributed by atoms with E-state index in [0.29, 0.717) is 80.2 Å². The van der Waals surface area contributed by atoms with E-state index in [0.717, 1.165) is 42.4 Å². The Labute approximate surface area is 259 Å². The van der Waals surface area contributed by atoms with Crippen molar-refractivity contribution in [2.24, 2.45) is 5.92 Å². The molecule has 10 nitrogen and oxygen atoms in total. The molecule has 2 amide bonds. The molecule has 2 fully saturated rings. The first-order valence-electron chi connectivity index (χ1n) is 15.7. The molecule has 0 aromatic heterocycles. The van der Waals surface area contributed by atoms with Gasteiger partial charge in [0.25, 0.3) is 0 Å². The van der Waals surface area contributed by atoms with Crippen LogP contribution in [-0.4, -0.2) is 68.4 Å². The summed E-state index contributed by atoms with van der Waals surface area (Å²) >= 11 is 0. The summed E-state index contributed by atoms with van der Waals surface area (Å²) in [5, 5.41) is 17.2. The lowest BCUT2D eigenvalue weighted by molar-refractivity contribution is -0.143. The number of hydrogen-bond acceptors (Lipinski definition) is 8. The fourth-order valence-electron chi connectivity index (χ4n) is 7.27. The van der Waals surface area contributed by atoms with Crippen LogP contribution in [0.1, 0.15) is 75.5 Å². The van der Waals surface area contributed by atoms with E-state index in [-0.39, 0.29) is 29.2 Å². The molecule has 0 spiro atoms. The van der Waals surface area contributed by atoms with Crippen molar-refractivity contribution in [2.45, 2.75) is 76.4 Å². The van der Waals surface area contributed by atoms with Crippen LogP contribution in [0.25, 0.3) is 11.1 Å². The molecule has 3 atom stereocenters. The molecule has 0 radical (unpaired) electrons. The second-order valence-electron chi connectivity index (χ2n) is 12.3. The highest BCUT2D eigenvalue weighted by molar-refractivity contribution is 5.84. The molecule has 1 heterocycles. The Balaban J connectivity index is 1.36. The third-order valence-electron chi connectivity index (χ3n) is 9.58. The lowest BCUT2D eigenvalue weighted by Crippen LogP contribution is -2.54. The van der Waals surface area contributed by atoms with Gasteiger partial charge in [-0.05, 0) is 73.4 Å². The number of piperidine rings is 1. The Hall–Kier alpha value is -3.79. The molecule has 1 saturated carbocycles. The highest BCUT2D eigenvalue weighted by atomic mass is 16.5. The summed E-state index contributed by atoms with van der Waals surface area (Å²) in [4.78, 5) is 40.6. The SMILES string of the molecule is COc1cc2c(c(OC)c1OC)-c1ccc(NCCCC(=O)N3CCC4(O)CCCCC4C3)c(=O)cc1C(NC(C)=O)CC2. The molecule has 1 saturated heterocycles. The lowest BCUT2D eigenvalue weighted by atomic mass is 9.71. The number of nitrogens with one attached hydrogen (secondary N) is 2. The van der Waals surface area contributed by atoms with E-state index in [2.05, 4.69) is 10.6 Å². The maximum absolute atomic E-state index is 13.5. The first-order valence-corrected chi connectivity index (χ1v) is 15.7. The molecule has 1 aliphatic heterocycles. The molecule has 5 rings (SSSR count). The first-order chi connectivity index (χ1) is 21.2. The van der Waals surface area contributed by atoms with E-state index in [9.17, 15) is 19.5 Å². The molecule has 44 heavy (non-hydrogen) atoms. The van der Waals surface area contributed by atoms with Crippen LogP contribution in [0.2, 0.25) is 0 Å². The summed E-state index contributed by atoms with van der Waals surface area (Å²) in [6, 6.07) is 6.78. The number of benzene rings is 1. The molecule has 0 bridgehead atoms. The summed E-state index contributed by atoms with van der Waals surface area (Å²) in [5.74, 6) is 1.58. The van der Waals surface area contributed by atoms with Crippen molar-refractivity contribution < 1.29 is 28.9 Å². The third kappa shape index (κ3) is 6.36. The minimum absolute atomic E-state index is 0.0957. The van der Waals surface area contributed by atoms with Gasteiger partial charge in [-0.15, -0.1) is 0 Å². The quantitative estimate of drug-likeness (QED) is 0.362. The number of anilines is 1.